The Bertz CT molecular complexity index is 2020. The number of ether oxygens (including phenoxy) is 2. The van der Waals surface area contributed by atoms with Gasteiger partial charge in [0.05, 0.1) is 23.4 Å². The van der Waals surface area contributed by atoms with Gasteiger partial charge in [-0.2, -0.15) is 0 Å². The molecule has 0 aliphatic carbocycles. The molecule has 2 aliphatic rings. The largest absolute Gasteiger partial charge is 0.457 e. The molecule has 4 heterocycles. The van der Waals surface area contributed by atoms with Gasteiger partial charge in [0.2, 0.25) is 0 Å². The summed E-state index contributed by atoms with van der Waals surface area (Å²) in [4.78, 5) is 51.0. The van der Waals surface area contributed by atoms with E-state index in [-0.39, 0.29) is 22.8 Å². The van der Waals surface area contributed by atoms with Gasteiger partial charge in [-0.15, -0.1) is 11.3 Å². The van der Waals surface area contributed by atoms with Crippen LogP contribution >= 0.6 is 23.1 Å². The second kappa shape index (κ2) is 15.1. The third kappa shape index (κ3) is 7.00. The van der Waals surface area contributed by atoms with Crippen LogP contribution in [0.1, 0.15) is 48.4 Å². The topological polar surface area (TPSA) is 128 Å². The Balaban J connectivity index is 1.29. The highest BCUT2D eigenvalue weighted by atomic mass is 32.2. The molecule has 272 valence electrons. The van der Waals surface area contributed by atoms with Crippen LogP contribution < -0.4 is 10.4 Å². The second-order valence-electron chi connectivity index (χ2n) is 13.9. The molecule has 5 aromatic rings. The number of hydrogen-bond donors (Lipinski definition) is 1. The molecule has 2 amide bonds. The van der Waals surface area contributed by atoms with Gasteiger partial charge < -0.3 is 19.0 Å². The van der Waals surface area contributed by atoms with Gasteiger partial charge in [0.25, 0.3) is 20.1 Å². The lowest BCUT2D eigenvalue weighted by molar-refractivity contribution is -0.200. The van der Waals surface area contributed by atoms with Crippen molar-refractivity contribution < 1.29 is 33.4 Å². The summed E-state index contributed by atoms with van der Waals surface area (Å²) >= 11 is 2.54. The molecule has 0 radical (unpaired) electrons. The highest BCUT2D eigenvalue weighted by molar-refractivity contribution is 8.01. The molecule has 0 spiro atoms. The summed E-state index contributed by atoms with van der Waals surface area (Å²) in [6.45, 7) is 7.61. The van der Waals surface area contributed by atoms with Gasteiger partial charge in [0, 0.05) is 18.5 Å². The molecular formula is C40H39N3O7S2Si. The Morgan fingerprint density at radius 3 is 2.02 bits per heavy atom. The Labute approximate surface area is 317 Å². The monoisotopic (exact) mass is 765 g/mol. The molecule has 2 aromatic heterocycles. The van der Waals surface area contributed by atoms with Crippen LogP contribution in [0, 0.1) is 0 Å². The minimum absolute atomic E-state index is 0.0742. The molecule has 1 saturated heterocycles. The van der Waals surface area contributed by atoms with Crippen molar-refractivity contribution in [3.63, 3.8) is 0 Å². The number of aromatic nitrogens is 2. The van der Waals surface area contributed by atoms with Crippen LogP contribution in [-0.4, -0.2) is 82.5 Å². The normalized spacial score (nSPS) is 21.8. The van der Waals surface area contributed by atoms with Crippen LogP contribution in [0.2, 0.25) is 5.04 Å². The summed E-state index contributed by atoms with van der Waals surface area (Å²) in [7, 11) is -3.10. The molecule has 1 fully saturated rings. The van der Waals surface area contributed by atoms with Gasteiger partial charge in [-0.25, -0.2) is 4.98 Å². The fourth-order valence-corrected chi connectivity index (χ4v) is 13.9. The van der Waals surface area contributed by atoms with Gasteiger partial charge in [0.15, 0.2) is 10.4 Å². The standard InChI is InChI=1S/C40H39N3O7S2Si/c1-25(44)49-35-33(43-36(46)28-19-11-12-20-29(28)37(43)47)38(52-39-42-31(24-51-39)30-21-13-14-22-41-30)50-32(34(35)45)23-48-53(40(2,3)4,26-15-7-5-8-16-26)27-17-9-6-10-18-27/h5-22,24,32-35,38,45H,23H2,1-4H3/t32-,33-,34-,35-,38+/m1/s1. The Hall–Kier alpha value is -4.50. The van der Waals surface area contributed by atoms with Crippen LogP contribution in [0.3, 0.4) is 0 Å². The summed E-state index contributed by atoms with van der Waals surface area (Å²) < 4.78 is 20.4. The number of benzene rings is 3. The van der Waals surface area contributed by atoms with Crippen molar-refractivity contribution in [2.45, 2.75) is 66.9 Å². The lowest BCUT2D eigenvalue weighted by Gasteiger charge is -2.48. The third-order valence-corrected chi connectivity index (χ3v) is 16.7. The molecule has 1 N–H and O–H groups in total. The minimum Gasteiger partial charge on any atom is -0.457 e. The van der Waals surface area contributed by atoms with Crippen molar-refractivity contribution in [2.75, 3.05) is 6.61 Å². The van der Waals surface area contributed by atoms with Crippen LogP contribution in [0.5, 0.6) is 0 Å². The number of carbonyl (C=O) groups excluding carboxylic acids is 3. The zero-order valence-electron chi connectivity index (χ0n) is 29.6. The van der Waals surface area contributed by atoms with Gasteiger partial charge in [-0.3, -0.25) is 24.3 Å². The number of imide groups is 1. The van der Waals surface area contributed by atoms with E-state index in [1.54, 1.807) is 30.5 Å². The molecule has 0 unspecified atom stereocenters. The maximum atomic E-state index is 14.0. The van der Waals surface area contributed by atoms with Crippen LogP contribution in [-0.2, 0) is 18.7 Å². The Morgan fingerprint density at radius 2 is 1.47 bits per heavy atom. The fourth-order valence-electron chi connectivity index (χ4n) is 7.23. The molecule has 53 heavy (non-hydrogen) atoms. The van der Waals surface area contributed by atoms with Gasteiger partial charge in [0.1, 0.15) is 29.4 Å². The first-order chi connectivity index (χ1) is 25.5. The predicted molar refractivity (Wildman–Crippen MR) is 206 cm³/mol. The van der Waals surface area contributed by atoms with E-state index < -0.39 is 55.9 Å². The van der Waals surface area contributed by atoms with Crippen molar-refractivity contribution in [3.8, 4) is 11.4 Å². The minimum atomic E-state index is -3.10. The maximum absolute atomic E-state index is 14.0. The Morgan fingerprint density at radius 1 is 0.887 bits per heavy atom. The van der Waals surface area contributed by atoms with Gasteiger partial charge in [-0.1, -0.05) is 111 Å². The van der Waals surface area contributed by atoms with E-state index in [1.165, 1.54) is 30.0 Å². The van der Waals surface area contributed by atoms with E-state index >= 15 is 0 Å². The zero-order chi connectivity index (χ0) is 37.3. The van der Waals surface area contributed by atoms with Crippen LogP contribution in [0.15, 0.2) is 119 Å². The molecule has 0 saturated carbocycles. The number of aliphatic hydroxyl groups is 1. The van der Waals surface area contributed by atoms with E-state index in [2.05, 4.69) is 50.0 Å². The number of thiazole rings is 1. The third-order valence-electron chi connectivity index (χ3n) is 9.58. The number of hydrogen-bond acceptors (Lipinski definition) is 11. The highest BCUT2D eigenvalue weighted by Gasteiger charge is 2.57. The second-order valence-corrected chi connectivity index (χ2v) is 20.4. The van der Waals surface area contributed by atoms with E-state index in [4.69, 9.17) is 18.9 Å². The number of rotatable bonds is 10. The van der Waals surface area contributed by atoms with Crippen LogP contribution in [0.4, 0.5) is 0 Å². The number of pyridine rings is 1. The summed E-state index contributed by atoms with van der Waals surface area (Å²) in [5.74, 6) is -1.81. The quantitative estimate of drug-likeness (QED) is 0.110. The number of fused-ring (bicyclic) bond motifs is 1. The molecular weight excluding hydrogens is 727 g/mol. The fraction of sp³-hybridized carbons (Fsp3) is 0.275. The number of amides is 2. The van der Waals surface area contributed by atoms with E-state index in [0.29, 0.717) is 15.7 Å². The van der Waals surface area contributed by atoms with Crippen molar-refractivity contribution in [1.82, 2.24) is 14.9 Å². The number of thioether (sulfide) groups is 1. The summed E-state index contributed by atoms with van der Waals surface area (Å²) in [5.41, 5.74) is 0.763. The average molecular weight is 766 g/mol. The number of esters is 1. The summed E-state index contributed by atoms with van der Waals surface area (Å²) in [6.07, 6.45) is -2.15. The average Bonchev–Trinajstić information content (AvgIpc) is 3.72. The van der Waals surface area contributed by atoms with E-state index in [0.717, 1.165) is 15.3 Å². The number of nitrogens with zero attached hydrogens (tertiary/aromatic N) is 3. The first-order valence-electron chi connectivity index (χ1n) is 17.3. The van der Waals surface area contributed by atoms with E-state index in [1.807, 2.05) is 60.0 Å². The lowest BCUT2D eigenvalue weighted by atomic mass is 9.96. The number of carbonyl (C=O) groups is 3. The lowest BCUT2D eigenvalue weighted by Crippen LogP contribution is -2.69. The first kappa shape index (κ1) is 36.8. The SMILES string of the molecule is CC(=O)O[C@H]1[C@H](O)[C@@H](CO[Si](c2ccccc2)(c2ccccc2)C(C)(C)C)O[C@@H](Sc2nc(-c3ccccn3)cs2)[C@@H]1N1C(=O)c2ccccc2C1=O. The molecule has 3 aromatic carbocycles. The molecule has 2 aliphatic heterocycles. The first-order valence-corrected chi connectivity index (χ1v) is 20.9. The summed E-state index contributed by atoms with van der Waals surface area (Å²) in [6, 6.07) is 31.1. The van der Waals surface area contributed by atoms with E-state index in [9.17, 15) is 19.5 Å². The predicted octanol–water partition coefficient (Wildman–Crippen LogP) is 5.56. The molecule has 5 atom stereocenters. The highest BCUT2D eigenvalue weighted by Crippen LogP contribution is 2.43. The smallest absolute Gasteiger partial charge is 0.303 e. The Kier molecular flexibility index (Phi) is 10.5. The summed E-state index contributed by atoms with van der Waals surface area (Å²) in [5, 5.41) is 15.7. The van der Waals surface area contributed by atoms with Crippen molar-refractivity contribution in [3.05, 3.63) is 126 Å². The molecule has 10 nitrogen and oxygen atoms in total. The van der Waals surface area contributed by atoms with Crippen molar-refractivity contribution in [2.24, 2.45) is 0 Å². The molecule has 0 bridgehead atoms. The molecule has 13 heteroatoms. The van der Waals surface area contributed by atoms with Gasteiger partial charge in [-0.05, 0) is 39.7 Å². The van der Waals surface area contributed by atoms with Crippen molar-refractivity contribution in [1.29, 1.82) is 0 Å². The van der Waals surface area contributed by atoms with Crippen LogP contribution in [0.25, 0.3) is 11.4 Å². The van der Waals surface area contributed by atoms with Crippen molar-refractivity contribution >= 4 is 59.6 Å². The van der Waals surface area contributed by atoms with Gasteiger partial charge >= 0.3 is 5.97 Å². The zero-order valence-corrected chi connectivity index (χ0v) is 32.3. The molecule has 7 rings (SSSR count). The number of aliphatic hydroxyl groups excluding tert-OH is 1. The maximum Gasteiger partial charge on any atom is 0.303 e.